The van der Waals surface area contributed by atoms with Gasteiger partial charge in [0.15, 0.2) is 11.9 Å². The SMILES string of the molecule is CCCCC/C=C\C/C=C\C/C=C\C=C\C(=O)CCCC(=O)O[C@H](COC(=O)CCCCCCCCCCCCc1oc(CCCCC)c(C)c1C)COP(=O)(O)OCC[N+](C)(C)C. The van der Waals surface area contributed by atoms with E-state index in [-0.39, 0.29) is 44.7 Å². The third-order valence-corrected chi connectivity index (χ3v) is 12.0. The number of likely N-dealkylation sites (N-methyl/N-ethyl adjacent to an activating group) is 1. The number of nitrogens with zero attached hydrogens (tertiary/aromatic N) is 1. The summed E-state index contributed by atoms with van der Waals surface area (Å²) < 4.78 is 40.4. The molecular formula is C52H89NO10P+. The van der Waals surface area contributed by atoms with Crippen LogP contribution in [0.4, 0.5) is 0 Å². The molecule has 0 saturated heterocycles. The van der Waals surface area contributed by atoms with Crippen molar-refractivity contribution < 1.29 is 51.3 Å². The fourth-order valence-electron chi connectivity index (χ4n) is 6.85. The normalized spacial score (nSPS) is 13.8. The van der Waals surface area contributed by atoms with Gasteiger partial charge in [0.2, 0.25) is 0 Å². The third-order valence-electron chi connectivity index (χ3n) is 11.0. The van der Waals surface area contributed by atoms with E-state index in [1.54, 1.807) is 6.08 Å². The van der Waals surface area contributed by atoms with E-state index < -0.39 is 32.5 Å². The van der Waals surface area contributed by atoms with Crippen LogP contribution in [0, 0.1) is 13.8 Å². The van der Waals surface area contributed by atoms with E-state index in [4.69, 9.17) is 22.9 Å². The van der Waals surface area contributed by atoms with E-state index in [0.29, 0.717) is 17.4 Å². The first kappa shape index (κ1) is 58.9. The fourth-order valence-corrected chi connectivity index (χ4v) is 7.59. The largest absolute Gasteiger partial charge is 0.472 e. The van der Waals surface area contributed by atoms with Crippen LogP contribution in [0.25, 0.3) is 0 Å². The van der Waals surface area contributed by atoms with E-state index in [1.807, 2.05) is 33.3 Å². The van der Waals surface area contributed by atoms with Gasteiger partial charge in [-0.05, 0) is 82.4 Å². The van der Waals surface area contributed by atoms with Crippen molar-refractivity contribution >= 4 is 25.5 Å². The molecule has 0 aliphatic rings. The van der Waals surface area contributed by atoms with E-state index >= 15 is 0 Å². The molecule has 0 radical (unpaired) electrons. The minimum absolute atomic E-state index is 0.0180. The number of carbonyl (C=O) groups excluding carboxylic acids is 3. The summed E-state index contributed by atoms with van der Waals surface area (Å²) in [6.07, 6.45) is 38.4. The molecule has 1 aromatic rings. The average molecular weight is 919 g/mol. The van der Waals surface area contributed by atoms with Gasteiger partial charge >= 0.3 is 19.8 Å². The second-order valence-corrected chi connectivity index (χ2v) is 19.6. The van der Waals surface area contributed by atoms with Crippen LogP contribution in [-0.4, -0.2) is 80.7 Å². The van der Waals surface area contributed by atoms with Gasteiger partial charge in [-0.3, -0.25) is 23.4 Å². The number of hydrogen-bond acceptors (Lipinski definition) is 9. The van der Waals surface area contributed by atoms with Crippen molar-refractivity contribution in [3.63, 3.8) is 0 Å². The van der Waals surface area contributed by atoms with Crippen molar-refractivity contribution in [1.29, 1.82) is 0 Å². The maximum atomic E-state index is 12.7. The molecule has 12 heteroatoms. The molecule has 1 aromatic heterocycles. The highest BCUT2D eigenvalue weighted by atomic mass is 31.2. The van der Waals surface area contributed by atoms with Crippen LogP contribution in [0.1, 0.15) is 184 Å². The molecule has 366 valence electrons. The smallest absolute Gasteiger partial charge is 0.466 e. The average Bonchev–Trinajstić information content (AvgIpc) is 3.51. The first-order valence-corrected chi connectivity index (χ1v) is 26.2. The number of carbonyl (C=O) groups is 3. The molecule has 0 fully saturated rings. The lowest BCUT2D eigenvalue weighted by Gasteiger charge is -2.24. The van der Waals surface area contributed by atoms with E-state index in [9.17, 15) is 23.8 Å². The first-order valence-electron chi connectivity index (χ1n) is 24.7. The lowest BCUT2D eigenvalue weighted by atomic mass is 10.0. The maximum absolute atomic E-state index is 12.7. The minimum atomic E-state index is -4.46. The fraction of sp³-hybridized carbons (Fsp3) is 0.712. The molecule has 0 bridgehead atoms. The van der Waals surface area contributed by atoms with Crippen molar-refractivity contribution in [3.8, 4) is 0 Å². The van der Waals surface area contributed by atoms with E-state index in [1.165, 1.54) is 99.4 Å². The lowest BCUT2D eigenvalue weighted by Crippen LogP contribution is -2.37. The summed E-state index contributed by atoms with van der Waals surface area (Å²) in [4.78, 5) is 47.9. The molecule has 64 heavy (non-hydrogen) atoms. The van der Waals surface area contributed by atoms with E-state index in [2.05, 4.69) is 52.0 Å². The number of ether oxygens (including phenoxy) is 2. The van der Waals surface area contributed by atoms with E-state index in [0.717, 1.165) is 57.8 Å². The molecule has 0 amide bonds. The van der Waals surface area contributed by atoms with Crippen LogP contribution in [-0.2, 0) is 50.3 Å². The van der Waals surface area contributed by atoms with Crippen LogP contribution < -0.4 is 0 Å². The number of ketones is 1. The molecule has 0 saturated carbocycles. The Morgan fingerprint density at radius 1 is 0.641 bits per heavy atom. The van der Waals surface area contributed by atoms with Gasteiger partial charge in [-0.15, -0.1) is 0 Å². The van der Waals surface area contributed by atoms with Gasteiger partial charge in [0, 0.05) is 32.1 Å². The van der Waals surface area contributed by atoms with Crippen molar-refractivity contribution in [2.24, 2.45) is 0 Å². The van der Waals surface area contributed by atoms with Gasteiger partial charge in [0.1, 0.15) is 31.3 Å². The number of phosphoric acid groups is 1. The van der Waals surface area contributed by atoms with Gasteiger partial charge in [0.05, 0.1) is 27.7 Å². The zero-order valence-corrected chi connectivity index (χ0v) is 42.1. The zero-order valence-electron chi connectivity index (χ0n) is 41.2. The Hall–Kier alpha value is -3.08. The Labute approximate surface area is 388 Å². The Kier molecular flexibility index (Phi) is 34.1. The van der Waals surface area contributed by atoms with Crippen LogP contribution in [0.15, 0.2) is 53.0 Å². The summed E-state index contributed by atoms with van der Waals surface area (Å²) in [6.45, 7) is 8.45. The van der Waals surface area contributed by atoms with Crippen LogP contribution in [0.3, 0.4) is 0 Å². The highest BCUT2D eigenvalue weighted by Crippen LogP contribution is 2.43. The highest BCUT2D eigenvalue weighted by molar-refractivity contribution is 7.47. The molecule has 0 spiro atoms. The molecular weight excluding hydrogens is 830 g/mol. The van der Waals surface area contributed by atoms with Gasteiger partial charge in [-0.1, -0.05) is 133 Å². The summed E-state index contributed by atoms with van der Waals surface area (Å²) in [6, 6.07) is 0. The summed E-state index contributed by atoms with van der Waals surface area (Å²) >= 11 is 0. The minimum Gasteiger partial charge on any atom is -0.466 e. The van der Waals surface area contributed by atoms with Crippen molar-refractivity contribution in [2.45, 2.75) is 194 Å². The molecule has 0 aliphatic heterocycles. The van der Waals surface area contributed by atoms with Gasteiger partial charge in [0.25, 0.3) is 0 Å². The number of unbranched alkanes of at least 4 members (excludes halogenated alkanes) is 14. The summed E-state index contributed by atoms with van der Waals surface area (Å²) in [7, 11) is 1.31. The van der Waals surface area contributed by atoms with Gasteiger partial charge in [-0.25, -0.2) is 4.57 Å². The number of furan rings is 1. The molecule has 0 aliphatic carbocycles. The Morgan fingerprint density at radius 2 is 1.19 bits per heavy atom. The quantitative estimate of drug-likeness (QED) is 0.0128. The summed E-state index contributed by atoms with van der Waals surface area (Å²) in [5, 5.41) is 0. The summed E-state index contributed by atoms with van der Waals surface area (Å²) in [5.74, 6) is 1.17. The number of aryl methyl sites for hydroxylation is 2. The Bertz CT molecular complexity index is 1570. The molecule has 1 unspecified atom stereocenters. The van der Waals surface area contributed by atoms with Gasteiger partial charge < -0.3 is 23.3 Å². The molecule has 11 nitrogen and oxygen atoms in total. The predicted octanol–water partition coefficient (Wildman–Crippen LogP) is 13.1. The number of phosphoric ester groups is 1. The second-order valence-electron chi connectivity index (χ2n) is 18.1. The van der Waals surface area contributed by atoms with Gasteiger partial charge in [-0.2, -0.15) is 0 Å². The molecule has 0 aromatic carbocycles. The monoisotopic (exact) mass is 919 g/mol. The summed E-state index contributed by atoms with van der Waals surface area (Å²) in [5.41, 5.74) is 2.68. The van der Waals surface area contributed by atoms with Crippen LogP contribution in [0.5, 0.6) is 0 Å². The second kappa shape index (κ2) is 37.1. The molecule has 1 heterocycles. The number of hydrogen-bond donors (Lipinski definition) is 1. The maximum Gasteiger partial charge on any atom is 0.472 e. The third kappa shape index (κ3) is 33.4. The predicted molar refractivity (Wildman–Crippen MR) is 260 cm³/mol. The van der Waals surface area contributed by atoms with Crippen molar-refractivity contribution in [3.05, 3.63) is 71.3 Å². The zero-order chi connectivity index (χ0) is 47.3. The highest BCUT2D eigenvalue weighted by Gasteiger charge is 2.27. The first-order chi connectivity index (χ1) is 30.7. The Balaban J connectivity index is 2.38. The lowest BCUT2D eigenvalue weighted by molar-refractivity contribution is -0.870. The number of quaternary nitrogens is 1. The van der Waals surface area contributed by atoms with Crippen LogP contribution in [0.2, 0.25) is 0 Å². The van der Waals surface area contributed by atoms with Crippen molar-refractivity contribution in [2.75, 3.05) is 47.5 Å². The topological polar surface area (TPSA) is 139 Å². The number of esters is 2. The number of allylic oxidation sites excluding steroid dienone is 8. The molecule has 2 atom stereocenters. The Morgan fingerprint density at radius 3 is 1.81 bits per heavy atom. The standard InChI is InChI=1S/C52H88NO10P/c1-8-10-12-13-14-15-16-17-18-21-24-27-31-35-47(54)36-34-40-52(56)62-48(44-61-64(57,58)60-42-41-53(5,6)7)43-59-51(55)39-33-29-26-23-20-19-22-25-28-32-38-50-46(4)45(3)49(63-50)37-30-11-9-2/h14-15,17-18,24,27,31,35,48H,8-13,16,19-23,25-26,28-30,32-34,36-44H2,1-7H3/p+1/b15-14-,18-17-,27-24-,35-31+/t48-/m1/s1. The molecule has 1 rings (SSSR count). The van der Waals surface area contributed by atoms with Crippen molar-refractivity contribution in [1.82, 2.24) is 0 Å². The number of rotatable bonds is 41. The van der Waals surface area contributed by atoms with Crippen LogP contribution >= 0.6 is 7.82 Å². The molecule has 1 N–H and O–H groups in total.